The Morgan fingerprint density at radius 1 is 1.22 bits per heavy atom. The van der Waals surface area contributed by atoms with Gasteiger partial charge in [-0.2, -0.15) is 0 Å². The fourth-order valence-electron chi connectivity index (χ4n) is 2.29. The zero-order valence-electron chi connectivity index (χ0n) is 10.2. The highest BCUT2D eigenvalue weighted by Crippen LogP contribution is 2.23. The molecule has 0 spiro atoms. The summed E-state index contributed by atoms with van der Waals surface area (Å²) >= 11 is 2.22. The summed E-state index contributed by atoms with van der Waals surface area (Å²) in [5, 5.41) is 12.4. The highest BCUT2D eigenvalue weighted by Gasteiger charge is 2.19. The van der Waals surface area contributed by atoms with Gasteiger partial charge in [-0.3, -0.25) is 4.79 Å². The highest BCUT2D eigenvalue weighted by molar-refractivity contribution is 14.1. The Morgan fingerprint density at radius 2 is 1.83 bits per heavy atom. The zero-order chi connectivity index (χ0) is 13.0. The van der Waals surface area contributed by atoms with Gasteiger partial charge < -0.3 is 10.4 Å². The van der Waals surface area contributed by atoms with Crippen molar-refractivity contribution in [2.75, 3.05) is 6.54 Å². The third-order valence-electron chi connectivity index (χ3n) is 3.47. The number of rotatable bonds is 3. The molecule has 0 aliphatic heterocycles. The van der Waals surface area contributed by atoms with Crippen molar-refractivity contribution in [3.63, 3.8) is 0 Å². The summed E-state index contributed by atoms with van der Waals surface area (Å²) in [7, 11) is 0. The lowest BCUT2D eigenvalue weighted by molar-refractivity contribution is 0.0910. The minimum absolute atomic E-state index is 0.00229. The van der Waals surface area contributed by atoms with E-state index in [9.17, 15) is 9.90 Å². The van der Waals surface area contributed by atoms with Gasteiger partial charge in [-0.25, -0.2) is 0 Å². The number of aliphatic hydroxyl groups is 1. The predicted octanol–water partition coefficient (Wildman–Crippen LogP) is 2.57. The number of carbonyl (C=O) groups is 1. The zero-order valence-corrected chi connectivity index (χ0v) is 12.4. The van der Waals surface area contributed by atoms with E-state index in [0.29, 0.717) is 11.5 Å². The van der Waals surface area contributed by atoms with Crippen molar-refractivity contribution in [3.05, 3.63) is 33.4 Å². The maximum Gasteiger partial charge on any atom is 0.251 e. The van der Waals surface area contributed by atoms with Crippen LogP contribution >= 0.6 is 22.6 Å². The molecule has 1 saturated carbocycles. The lowest BCUT2D eigenvalue weighted by Crippen LogP contribution is -2.32. The summed E-state index contributed by atoms with van der Waals surface area (Å²) < 4.78 is 1.13. The molecule has 0 atom stereocenters. The van der Waals surface area contributed by atoms with Crippen LogP contribution in [0.1, 0.15) is 36.0 Å². The van der Waals surface area contributed by atoms with E-state index >= 15 is 0 Å². The predicted molar refractivity (Wildman–Crippen MR) is 79.5 cm³/mol. The standard InChI is InChI=1S/C14H18INO2/c15-12-5-3-11(4-6-12)14(18)16-9-10-1-7-13(17)8-2-10/h3-6,10,13,17H,1-2,7-9H2,(H,16,18). The number of aliphatic hydroxyl groups excluding tert-OH is 1. The lowest BCUT2D eigenvalue weighted by Gasteiger charge is -2.25. The van der Waals surface area contributed by atoms with E-state index in [4.69, 9.17) is 0 Å². The Labute approximate surface area is 121 Å². The van der Waals surface area contributed by atoms with Crippen molar-refractivity contribution in [1.29, 1.82) is 0 Å². The van der Waals surface area contributed by atoms with Crippen LogP contribution in [0, 0.1) is 9.49 Å². The molecule has 1 aromatic carbocycles. The van der Waals surface area contributed by atoms with E-state index in [1.807, 2.05) is 24.3 Å². The van der Waals surface area contributed by atoms with Crippen LogP contribution < -0.4 is 5.32 Å². The second-order valence-corrected chi connectivity index (χ2v) is 6.14. The summed E-state index contributed by atoms with van der Waals surface area (Å²) in [6, 6.07) is 7.57. The minimum Gasteiger partial charge on any atom is -0.393 e. The fourth-order valence-corrected chi connectivity index (χ4v) is 2.65. The summed E-state index contributed by atoms with van der Waals surface area (Å²) in [5.41, 5.74) is 0.714. The van der Waals surface area contributed by atoms with Gasteiger partial charge in [-0.1, -0.05) is 0 Å². The first kappa shape index (κ1) is 13.8. The molecule has 1 aliphatic carbocycles. The van der Waals surface area contributed by atoms with E-state index in [2.05, 4.69) is 27.9 Å². The van der Waals surface area contributed by atoms with Gasteiger partial charge >= 0.3 is 0 Å². The van der Waals surface area contributed by atoms with E-state index in [-0.39, 0.29) is 12.0 Å². The van der Waals surface area contributed by atoms with Crippen LogP contribution in [0.15, 0.2) is 24.3 Å². The van der Waals surface area contributed by atoms with Gasteiger partial charge in [0.1, 0.15) is 0 Å². The molecule has 2 N–H and O–H groups in total. The maximum absolute atomic E-state index is 11.9. The molecule has 1 aromatic rings. The SMILES string of the molecule is O=C(NCC1CCC(O)CC1)c1ccc(I)cc1. The van der Waals surface area contributed by atoms with E-state index in [1.165, 1.54) is 0 Å². The second kappa shape index (κ2) is 6.52. The Morgan fingerprint density at radius 3 is 2.44 bits per heavy atom. The van der Waals surface area contributed by atoms with Gasteiger partial charge in [0.05, 0.1) is 6.10 Å². The molecule has 1 amide bonds. The second-order valence-electron chi connectivity index (χ2n) is 4.89. The van der Waals surface area contributed by atoms with Crippen molar-refractivity contribution in [1.82, 2.24) is 5.32 Å². The fraction of sp³-hybridized carbons (Fsp3) is 0.500. The molecule has 0 unspecified atom stereocenters. The van der Waals surface area contributed by atoms with Gasteiger partial charge in [0.2, 0.25) is 0 Å². The monoisotopic (exact) mass is 359 g/mol. The van der Waals surface area contributed by atoms with Gasteiger partial charge in [-0.15, -0.1) is 0 Å². The van der Waals surface area contributed by atoms with Crippen molar-refractivity contribution in [3.8, 4) is 0 Å². The number of hydrogen-bond donors (Lipinski definition) is 2. The van der Waals surface area contributed by atoms with Crippen LogP contribution in [-0.4, -0.2) is 23.7 Å². The van der Waals surface area contributed by atoms with Crippen molar-refractivity contribution < 1.29 is 9.90 Å². The smallest absolute Gasteiger partial charge is 0.251 e. The third-order valence-corrected chi connectivity index (χ3v) is 4.19. The molecule has 0 heterocycles. The van der Waals surface area contributed by atoms with Crippen molar-refractivity contribution >= 4 is 28.5 Å². The Kier molecular flexibility index (Phi) is 5.00. The van der Waals surface area contributed by atoms with E-state index in [0.717, 1.165) is 35.8 Å². The topological polar surface area (TPSA) is 49.3 Å². The molecule has 98 valence electrons. The number of amides is 1. The first-order valence-electron chi connectivity index (χ1n) is 6.37. The number of halogens is 1. The van der Waals surface area contributed by atoms with Crippen LogP contribution in [0.3, 0.4) is 0 Å². The van der Waals surface area contributed by atoms with E-state index < -0.39 is 0 Å². The molecular weight excluding hydrogens is 341 g/mol. The van der Waals surface area contributed by atoms with E-state index in [1.54, 1.807) is 0 Å². The number of carbonyl (C=O) groups excluding carboxylic acids is 1. The van der Waals surface area contributed by atoms with Gasteiger partial charge in [0.15, 0.2) is 0 Å². The molecular formula is C14H18INO2. The minimum atomic E-state index is -0.131. The van der Waals surface area contributed by atoms with Gasteiger partial charge in [0, 0.05) is 15.7 Å². The first-order valence-corrected chi connectivity index (χ1v) is 7.45. The van der Waals surface area contributed by atoms with Crippen molar-refractivity contribution in [2.24, 2.45) is 5.92 Å². The van der Waals surface area contributed by atoms with Crippen molar-refractivity contribution in [2.45, 2.75) is 31.8 Å². The quantitative estimate of drug-likeness (QED) is 0.815. The molecule has 0 bridgehead atoms. The van der Waals surface area contributed by atoms with Gasteiger partial charge in [-0.05, 0) is 78.5 Å². The summed E-state index contributed by atoms with van der Waals surface area (Å²) in [6.07, 6.45) is 3.62. The molecule has 3 nitrogen and oxygen atoms in total. The van der Waals surface area contributed by atoms with Crippen LogP contribution in [0.4, 0.5) is 0 Å². The average molecular weight is 359 g/mol. The van der Waals surface area contributed by atoms with Crippen LogP contribution in [0.5, 0.6) is 0 Å². The highest BCUT2D eigenvalue weighted by atomic mass is 127. The summed E-state index contributed by atoms with van der Waals surface area (Å²) in [6.45, 7) is 0.720. The van der Waals surface area contributed by atoms with Gasteiger partial charge in [0.25, 0.3) is 5.91 Å². The Hall–Kier alpha value is -0.620. The molecule has 0 aromatic heterocycles. The number of nitrogens with one attached hydrogen (secondary N) is 1. The van der Waals surface area contributed by atoms with Crippen LogP contribution in [0.25, 0.3) is 0 Å². The number of hydrogen-bond acceptors (Lipinski definition) is 2. The Bertz CT molecular complexity index is 397. The normalized spacial score (nSPS) is 23.7. The molecule has 1 fully saturated rings. The largest absolute Gasteiger partial charge is 0.393 e. The number of benzene rings is 1. The summed E-state index contributed by atoms with van der Waals surface area (Å²) in [4.78, 5) is 11.9. The molecule has 0 radical (unpaired) electrons. The molecule has 18 heavy (non-hydrogen) atoms. The molecule has 4 heteroatoms. The first-order chi connectivity index (χ1) is 8.65. The lowest BCUT2D eigenvalue weighted by atomic mass is 9.87. The molecule has 1 aliphatic rings. The molecule has 2 rings (SSSR count). The Balaban J connectivity index is 1.79. The average Bonchev–Trinajstić information content (AvgIpc) is 2.38. The van der Waals surface area contributed by atoms with Crippen LogP contribution in [-0.2, 0) is 0 Å². The maximum atomic E-state index is 11.9. The molecule has 0 saturated heterocycles. The summed E-state index contributed by atoms with van der Waals surface area (Å²) in [5.74, 6) is 0.513. The third kappa shape index (κ3) is 3.95. The van der Waals surface area contributed by atoms with Crippen LogP contribution in [0.2, 0.25) is 0 Å².